The second-order valence-corrected chi connectivity index (χ2v) is 9.53. The first-order chi connectivity index (χ1) is 11.4. The van der Waals surface area contributed by atoms with Crippen LogP contribution in [0.1, 0.15) is 66.5 Å². The van der Waals surface area contributed by atoms with Crippen molar-refractivity contribution in [3.63, 3.8) is 0 Å². The van der Waals surface area contributed by atoms with Crippen LogP contribution in [0.3, 0.4) is 0 Å². The van der Waals surface area contributed by atoms with E-state index in [4.69, 9.17) is 0 Å². The molecule has 0 radical (unpaired) electrons. The van der Waals surface area contributed by atoms with Crippen LogP contribution in [-0.2, 0) is 10.8 Å². The molecule has 2 nitrogen and oxygen atoms in total. The maximum absolute atomic E-state index is 3.58. The predicted octanol–water partition coefficient (Wildman–Crippen LogP) is 6.54. The third-order valence-corrected chi connectivity index (χ3v) is 4.42. The molecule has 136 valence electrons. The van der Waals surface area contributed by atoms with Gasteiger partial charge in [-0.05, 0) is 60.1 Å². The van der Waals surface area contributed by atoms with Crippen LogP contribution in [0, 0.1) is 0 Å². The average molecular weight is 339 g/mol. The van der Waals surface area contributed by atoms with Crippen molar-refractivity contribution >= 4 is 11.4 Å². The monoisotopic (exact) mass is 338 g/mol. The molecule has 0 aromatic heterocycles. The molecule has 0 aliphatic rings. The predicted molar refractivity (Wildman–Crippen MR) is 112 cm³/mol. The van der Waals surface area contributed by atoms with Crippen LogP contribution in [0.5, 0.6) is 0 Å². The standard InChI is InChI=1S/C23H34N2/c1-21(2,3)17-9-13-19(14-10-17)24-23(7,8)25-20-15-11-18(12-16-20)22(4,5)6/h9-16,24-25H,1-8H3. The molecule has 2 heteroatoms. The van der Waals surface area contributed by atoms with Gasteiger partial charge in [0.1, 0.15) is 5.66 Å². The van der Waals surface area contributed by atoms with Gasteiger partial charge in [0, 0.05) is 11.4 Å². The highest BCUT2D eigenvalue weighted by Crippen LogP contribution is 2.27. The molecule has 0 unspecified atom stereocenters. The quantitative estimate of drug-likeness (QED) is 0.618. The highest BCUT2D eigenvalue weighted by atomic mass is 15.2. The van der Waals surface area contributed by atoms with Gasteiger partial charge in [-0.2, -0.15) is 0 Å². The zero-order valence-electron chi connectivity index (χ0n) is 17.1. The molecule has 0 saturated carbocycles. The molecule has 0 atom stereocenters. The Morgan fingerprint density at radius 2 is 0.760 bits per heavy atom. The highest BCUT2D eigenvalue weighted by Gasteiger charge is 2.19. The fourth-order valence-corrected chi connectivity index (χ4v) is 2.86. The molecule has 25 heavy (non-hydrogen) atoms. The summed E-state index contributed by atoms with van der Waals surface area (Å²) in [6.07, 6.45) is 0. The highest BCUT2D eigenvalue weighted by molar-refractivity contribution is 5.53. The van der Waals surface area contributed by atoms with Gasteiger partial charge in [-0.25, -0.2) is 0 Å². The molecule has 0 bridgehead atoms. The molecule has 0 fully saturated rings. The molecule has 0 saturated heterocycles. The Morgan fingerprint density at radius 1 is 0.480 bits per heavy atom. The normalized spacial score (nSPS) is 12.8. The van der Waals surface area contributed by atoms with Crippen molar-refractivity contribution in [2.45, 2.75) is 71.9 Å². The molecule has 0 spiro atoms. The minimum absolute atomic E-state index is 0.182. The van der Waals surface area contributed by atoms with Crippen LogP contribution in [0.25, 0.3) is 0 Å². The SMILES string of the molecule is CC(C)(Nc1ccc(C(C)(C)C)cc1)Nc1ccc(C(C)(C)C)cc1. The Kier molecular flexibility index (Phi) is 5.22. The van der Waals surface area contributed by atoms with E-state index in [2.05, 4.69) is 115 Å². The van der Waals surface area contributed by atoms with Crippen LogP contribution in [0.15, 0.2) is 48.5 Å². The third kappa shape index (κ3) is 5.52. The summed E-state index contributed by atoms with van der Waals surface area (Å²) in [7, 11) is 0. The minimum Gasteiger partial charge on any atom is -0.363 e. The van der Waals surface area contributed by atoms with Crippen molar-refractivity contribution in [1.82, 2.24) is 0 Å². The molecule has 0 amide bonds. The maximum atomic E-state index is 3.58. The van der Waals surface area contributed by atoms with Crippen molar-refractivity contribution in [2.75, 3.05) is 10.6 Å². The fraction of sp³-hybridized carbons (Fsp3) is 0.478. The van der Waals surface area contributed by atoms with Crippen LogP contribution in [0.4, 0.5) is 11.4 Å². The largest absolute Gasteiger partial charge is 0.363 e. The maximum Gasteiger partial charge on any atom is 0.102 e. The van der Waals surface area contributed by atoms with Crippen LogP contribution in [0.2, 0.25) is 0 Å². The van der Waals surface area contributed by atoms with Gasteiger partial charge in [-0.15, -0.1) is 0 Å². The topological polar surface area (TPSA) is 24.1 Å². The summed E-state index contributed by atoms with van der Waals surface area (Å²) >= 11 is 0. The van der Waals surface area contributed by atoms with E-state index >= 15 is 0 Å². The van der Waals surface area contributed by atoms with Gasteiger partial charge >= 0.3 is 0 Å². The van der Waals surface area contributed by atoms with E-state index in [1.54, 1.807) is 0 Å². The van der Waals surface area contributed by atoms with Crippen molar-refractivity contribution in [3.05, 3.63) is 59.7 Å². The lowest BCUT2D eigenvalue weighted by atomic mass is 9.87. The number of hydrogen-bond donors (Lipinski definition) is 2. The van der Waals surface area contributed by atoms with Gasteiger partial charge < -0.3 is 10.6 Å². The van der Waals surface area contributed by atoms with Gasteiger partial charge in [0.15, 0.2) is 0 Å². The molecular weight excluding hydrogens is 304 g/mol. The lowest BCUT2D eigenvalue weighted by Crippen LogP contribution is -2.39. The summed E-state index contributed by atoms with van der Waals surface area (Å²) in [4.78, 5) is 0. The summed E-state index contributed by atoms with van der Waals surface area (Å²) in [5.74, 6) is 0. The molecule has 2 rings (SSSR count). The summed E-state index contributed by atoms with van der Waals surface area (Å²) in [5.41, 5.74) is 5.06. The lowest BCUT2D eigenvalue weighted by molar-refractivity contribution is 0.590. The van der Waals surface area contributed by atoms with E-state index in [0.29, 0.717) is 0 Å². The average Bonchev–Trinajstić information content (AvgIpc) is 2.45. The Bertz CT molecular complexity index is 619. The van der Waals surface area contributed by atoms with E-state index < -0.39 is 0 Å². The smallest absolute Gasteiger partial charge is 0.102 e. The molecule has 0 aliphatic carbocycles. The summed E-state index contributed by atoms with van der Waals surface area (Å²) in [6, 6.07) is 17.5. The van der Waals surface area contributed by atoms with E-state index in [9.17, 15) is 0 Å². The van der Waals surface area contributed by atoms with E-state index in [1.165, 1.54) is 11.1 Å². The van der Waals surface area contributed by atoms with Crippen molar-refractivity contribution < 1.29 is 0 Å². The second-order valence-electron chi connectivity index (χ2n) is 9.53. The minimum atomic E-state index is -0.244. The first-order valence-corrected chi connectivity index (χ1v) is 9.14. The molecule has 0 aliphatic heterocycles. The summed E-state index contributed by atoms with van der Waals surface area (Å²) in [6.45, 7) is 17.7. The zero-order chi connectivity index (χ0) is 18.9. The van der Waals surface area contributed by atoms with Crippen molar-refractivity contribution in [1.29, 1.82) is 0 Å². The Morgan fingerprint density at radius 3 is 1.00 bits per heavy atom. The van der Waals surface area contributed by atoms with Gasteiger partial charge in [0.25, 0.3) is 0 Å². The Labute approximate surface area is 154 Å². The van der Waals surface area contributed by atoms with E-state index in [0.717, 1.165) is 11.4 Å². The Hall–Kier alpha value is -1.96. The van der Waals surface area contributed by atoms with Crippen molar-refractivity contribution in [3.8, 4) is 0 Å². The fourth-order valence-electron chi connectivity index (χ4n) is 2.86. The molecule has 2 N–H and O–H groups in total. The molecule has 2 aromatic carbocycles. The van der Waals surface area contributed by atoms with Crippen LogP contribution in [-0.4, -0.2) is 5.66 Å². The first kappa shape index (κ1) is 19.4. The number of nitrogens with one attached hydrogen (secondary N) is 2. The summed E-state index contributed by atoms with van der Waals surface area (Å²) in [5, 5.41) is 7.16. The molecule has 0 heterocycles. The summed E-state index contributed by atoms with van der Waals surface area (Å²) < 4.78 is 0. The number of anilines is 2. The van der Waals surface area contributed by atoms with Gasteiger partial charge in [-0.1, -0.05) is 65.8 Å². The van der Waals surface area contributed by atoms with E-state index in [1.807, 2.05) is 0 Å². The number of hydrogen-bond acceptors (Lipinski definition) is 2. The second kappa shape index (κ2) is 6.74. The lowest BCUT2D eigenvalue weighted by Gasteiger charge is -2.31. The first-order valence-electron chi connectivity index (χ1n) is 9.14. The van der Waals surface area contributed by atoms with E-state index in [-0.39, 0.29) is 16.5 Å². The van der Waals surface area contributed by atoms with Gasteiger partial charge in [0.05, 0.1) is 0 Å². The van der Waals surface area contributed by atoms with Crippen molar-refractivity contribution in [2.24, 2.45) is 0 Å². The van der Waals surface area contributed by atoms with Gasteiger partial charge in [-0.3, -0.25) is 0 Å². The number of rotatable bonds is 4. The van der Waals surface area contributed by atoms with Crippen LogP contribution >= 0.6 is 0 Å². The van der Waals surface area contributed by atoms with Gasteiger partial charge in [0.2, 0.25) is 0 Å². The molecule has 2 aromatic rings. The zero-order valence-corrected chi connectivity index (χ0v) is 17.1. The molecular formula is C23H34N2. The van der Waals surface area contributed by atoms with Crippen LogP contribution < -0.4 is 10.6 Å². The Balaban J connectivity index is 2.06. The third-order valence-electron chi connectivity index (χ3n) is 4.42. The number of benzene rings is 2.